The first kappa shape index (κ1) is 22.1. The molecule has 6 heteroatoms. The van der Waals surface area contributed by atoms with Gasteiger partial charge in [-0.2, -0.15) is 0 Å². The fraction of sp³-hybridized carbons (Fsp3) is 0.208. The molecule has 3 aromatic carbocycles. The molecular formula is C24H23ClO4S. The molecule has 0 aromatic heterocycles. The Balaban J connectivity index is 1.96. The van der Waals surface area contributed by atoms with Gasteiger partial charge in [-0.15, -0.1) is 0 Å². The molecule has 0 aliphatic carbocycles. The van der Waals surface area contributed by atoms with Gasteiger partial charge in [0.25, 0.3) is 0 Å². The normalized spacial score (nSPS) is 12.3. The lowest BCUT2D eigenvalue weighted by molar-refractivity contribution is 0.0980. The second-order valence-electron chi connectivity index (χ2n) is 6.90. The number of benzene rings is 3. The third kappa shape index (κ3) is 5.29. The highest BCUT2D eigenvalue weighted by Crippen LogP contribution is 2.34. The van der Waals surface area contributed by atoms with Crippen LogP contribution in [-0.2, 0) is 9.84 Å². The number of hydrogen-bond donors (Lipinski definition) is 0. The average molecular weight is 443 g/mol. The Labute approximate surface area is 182 Å². The van der Waals surface area contributed by atoms with E-state index in [0.29, 0.717) is 28.5 Å². The molecule has 0 saturated heterocycles. The van der Waals surface area contributed by atoms with Crippen molar-refractivity contribution in [2.24, 2.45) is 0 Å². The molecule has 0 unspecified atom stereocenters. The van der Waals surface area contributed by atoms with Gasteiger partial charge < -0.3 is 4.74 Å². The summed E-state index contributed by atoms with van der Waals surface area (Å²) >= 11 is 5.90. The van der Waals surface area contributed by atoms with Crippen LogP contribution in [0.1, 0.15) is 40.9 Å². The van der Waals surface area contributed by atoms with E-state index in [1.54, 1.807) is 78.9 Å². The molecule has 30 heavy (non-hydrogen) atoms. The molecule has 0 amide bonds. The number of carbonyl (C=O) groups excluding carboxylic acids is 1. The first-order valence-corrected chi connectivity index (χ1v) is 11.6. The van der Waals surface area contributed by atoms with Crippen LogP contribution in [0.25, 0.3) is 0 Å². The minimum atomic E-state index is -3.78. The van der Waals surface area contributed by atoms with Gasteiger partial charge in [-0.3, -0.25) is 4.79 Å². The predicted molar refractivity (Wildman–Crippen MR) is 119 cm³/mol. The van der Waals surface area contributed by atoms with Crippen molar-refractivity contribution >= 4 is 27.2 Å². The Morgan fingerprint density at radius 3 is 2.17 bits per heavy atom. The third-order valence-electron chi connectivity index (χ3n) is 4.71. The monoisotopic (exact) mass is 442 g/mol. The van der Waals surface area contributed by atoms with E-state index in [9.17, 15) is 13.2 Å². The smallest absolute Gasteiger partial charge is 0.185 e. The van der Waals surface area contributed by atoms with Crippen molar-refractivity contribution < 1.29 is 17.9 Å². The number of ether oxygens (including phenoxy) is 1. The number of sulfone groups is 1. The minimum absolute atomic E-state index is 0.173. The summed E-state index contributed by atoms with van der Waals surface area (Å²) in [6, 6.07) is 21.6. The van der Waals surface area contributed by atoms with E-state index in [0.717, 1.165) is 6.42 Å². The highest BCUT2D eigenvalue weighted by atomic mass is 35.5. The van der Waals surface area contributed by atoms with E-state index in [2.05, 4.69) is 0 Å². The van der Waals surface area contributed by atoms with Crippen LogP contribution in [0.3, 0.4) is 0 Å². The van der Waals surface area contributed by atoms with Crippen LogP contribution >= 0.6 is 11.6 Å². The first-order chi connectivity index (χ1) is 14.4. The van der Waals surface area contributed by atoms with Gasteiger partial charge in [0, 0.05) is 17.0 Å². The van der Waals surface area contributed by atoms with E-state index in [4.69, 9.17) is 16.3 Å². The van der Waals surface area contributed by atoms with Crippen molar-refractivity contribution in [3.63, 3.8) is 0 Å². The van der Waals surface area contributed by atoms with E-state index in [1.165, 1.54) is 0 Å². The van der Waals surface area contributed by atoms with Gasteiger partial charge in [0.1, 0.15) is 5.75 Å². The maximum Gasteiger partial charge on any atom is 0.185 e. The molecule has 0 fully saturated rings. The molecule has 0 spiro atoms. The standard InChI is InChI=1S/C24H23ClO4S/c1-2-16-29-21-14-10-19(11-15-21)24(30(27,28)22-6-4-3-5-7-22)17-23(26)18-8-12-20(25)13-9-18/h3-15,24H,2,16-17H2,1H3/t24-/m0/s1. The Kier molecular flexibility index (Phi) is 7.29. The zero-order chi connectivity index (χ0) is 21.6. The summed E-state index contributed by atoms with van der Waals surface area (Å²) in [4.78, 5) is 13.1. The summed E-state index contributed by atoms with van der Waals surface area (Å²) in [5, 5.41) is -0.494. The molecule has 4 nitrogen and oxygen atoms in total. The number of rotatable bonds is 9. The van der Waals surface area contributed by atoms with E-state index >= 15 is 0 Å². The second kappa shape index (κ2) is 9.92. The molecule has 0 bridgehead atoms. The topological polar surface area (TPSA) is 60.4 Å². The van der Waals surface area contributed by atoms with Crippen molar-refractivity contribution in [1.29, 1.82) is 0 Å². The molecule has 0 saturated carbocycles. The largest absolute Gasteiger partial charge is 0.494 e. The fourth-order valence-electron chi connectivity index (χ4n) is 3.10. The third-order valence-corrected chi connectivity index (χ3v) is 7.08. The van der Waals surface area contributed by atoms with Gasteiger partial charge in [-0.05, 0) is 60.5 Å². The molecule has 0 aliphatic heterocycles. The summed E-state index contributed by atoms with van der Waals surface area (Å²) in [5.41, 5.74) is 0.973. The number of Topliss-reactive ketones (excluding diaryl/α,β-unsaturated/α-hetero) is 1. The first-order valence-electron chi connectivity index (χ1n) is 9.72. The predicted octanol–water partition coefficient (Wildman–Crippen LogP) is 5.92. The number of carbonyl (C=O) groups is 1. The summed E-state index contributed by atoms with van der Waals surface area (Å²) in [6.45, 7) is 2.60. The van der Waals surface area contributed by atoms with Gasteiger partial charge in [0.05, 0.1) is 16.8 Å². The van der Waals surface area contributed by atoms with Crippen molar-refractivity contribution in [2.75, 3.05) is 6.61 Å². The zero-order valence-corrected chi connectivity index (χ0v) is 18.2. The molecule has 3 rings (SSSR count). The lowest BCUT2D eigenvalue weighted by Crippen LogP contribution is -2.18. The Morgan fingerprint density at radius 1 is 0.933 bits per heavy atom. The minimum Gasteiger partial charge on any atom is -0.494 e. The van der Waals surface area contributed by atoms with Gasteiger partial charge in [-0.1, -0.05) is 48.9 Å². The van der Waals surface area contributed by atoms with Crippen LogP contribution in [0.5, 0.6) is 5.75 Å². The molecule has 1 atom stereocenters. The summed E-state index contributed by atoms with van der Waals surface area (Å²) in [6.07, 6.45) is 0.705. The Hall–Kier alpha value is -2.63. The lowest BCUT2D eigenvalue weighted by Gasteiger charge is -2.18. The number of hydrogen-bond acceptors (Lipinski definition) is 4. The van der Waals surface area contributed by atoms with Gasteiger partial charge in [-0.25, -0.2) is 8.42 Å². The summed E-state index contributed by atoms with van der Waals surface area (Å²) in [7, 11) is -3.78. The molecule has 3 aromatic rings. The van der Waals surface area contributed by atoms with Crippen LogP contribution < -0.4 is 4.74 Å². The van der Waals surface area contributed by atoms with Crippen LogP contribution in [-0.4, -0.2) is 20.8 Å². The van der Waals surface area contributed by atoms with E-state index in [-0.39, 0.29) is 17.1 Å². The Bertz CT molecular complexity index is 1080. The Morgan fingerprint density at radius 2 is 1.57 bits per heavy atom. The summed E-state index contributed by atoms with van der Waals surface area (Å²) in [5.74, 6) is 0.406. The van der Waals surface area contributed by atoms with Gasteiger partial charge in [0.15, 0.2) is 15.6 Å². The maximum absolute atomic E-state index is 13.4. The highest BCUT2D eigenvalue weighted by molar-refractivity contribution is 7.91. The van der Waals surface area contributed by atoms with Crippen LogP contribution in [0.15, 0.2) is 83.8 Å². The van der Waals surface area contributed by atoms with Gasteiger partial charge in [0.2, 0.25) is 0 Å². The molecular weight excluding hydrogens is 420 g/mol. The molecule has 0 radical (unpaired) electrons. The zero-order valence-electron chi connectivity index (χ0n) is 16.6. The molecule has 0 N–H and O–H groups in total. The maximum atomic E-state index is 13.4. The highest BCUT2D eigenvalue weighted by Gasteiger charge is 2.31. The van der Waals surface area contributed by atoms with Crippen LogP contribution in [0.4, 0.5) is 0 Å². The number of halogens is 1. The van der Waals surface area contributed by atoms with Gasteiger partial charge >= 0.3 is 0 Å². The van der Waals surface area contributed by atoms with Crippen molar-refractivity contribution in [2.45, 2.75) is 29.9 Å². The second-order valence-corrected chi connectivity index (χ2v) is 9.47. The molecule has 156 valence electrons. The van der Waals surface area contributed by atoms with Crippen LogP contribution in [0.2, 0.25) is 5.02 Å². The van der Waals surface area contributed by atoms with E-state index < -0.39 is 15.1 Å². The lowest BCUT2D eigenvalue weighted by atomic mass is 10.0. The average Bonchev–Trinajstić information content (AvgIpc) is 2.77. The van der Waals surface area contributed by atoms with E-state index in [1.807, 2.05) is 6.92 Å². The van der Waals surface area contributed by atoms with Crippen LogP contribution in [0, 0.1) is 0 Å². The van der Waals surface area contributed by atoms with Crippen molar-refractivity contribution in [3.8, 4) is 5.75 Å². The van der Waals surface area contributed by atoms with Crippen molar-refractivity contribution in [3.05, 3.63) is 95.0 Å². The number of ketones is 1. The quantitative estimate of drug-likeness (QED) is 0.386. The molecule has 0 heterocycles. The van der Waals surface area contributed by atoms with Crippen molar-refractivity contribution in [1.82, 2.24) is 0 Å². The molecule has 0 aliphatic rings. The summed E-state index contributed by atoms with van der Waals surface area (Å²) < 4.78 is 32.4. The fourth-order valence-corrected chi connectivity index (χ4v) is 4.98. The SMILES string of the molecule is CCCOc1ccc([C@H](CC(=O)c2ccc(Cl)cc2)S(=O)(=O)c2ccccc2)cc1.